The van der Waals surface area contributed by atoms with Crippen LogP contribution in [0.15, 0.2) is 0 Å². The molecule has 1 rings (SSSR count). The Morgan fingerprint density at radius 2 is 0.333 bits per heavy atom. The van der Waals surface area contributed by atoms with Crippen LogP contribution in [0.3, 0.4) is 0 Å². The molecule has 180 valence electrons. The third-order valence-corrected chi connectivity index (χ3v) is 14.4. The van der Waals surface area contributed by atoms with Crippen LogP contribution in [0.2, 0.25) is 0 Å². The van der Waals surface area contributed by atoms with Crippen LogP contribution >= 0.6 is 45.6 Å². The zero-order valence-electron chi connectivity index (χ0n) is 14.0. The first-order valence-corrected chi connectivity index (χ1v) is 17.1. The van der Waals surface area contributed by atoms with Gasteiger partial charge in [0.25, 0.3) is 0 Å². The molecular formula is C6H18O18P6. The van der Waals surface area contributed by atoms with Crippen molar-refractivity contribution < 1.29 is 86.1 Å². The van der Waals surface area contributed by atoms with Crippen molar-refractivity contribution >= 4 is 45.6 Å². The van der Waals surface area contributed by atoms with E-state index < -0.39 is 79.5 Å². The molecule has 0 spiro atoms. The fourth-order valence-corrected chi connectivity index (χ4v) is 17.7. The molecule has 0 aromatic heterocycles. The van der Waals surface area contributed by atoms with Crippen LogP contribution in [0.25, 0.3) is 0 Å². The lowest BCUT2D eigenvalue weighted by molar-refractivity contribution is 0.248. The van der Waals surface area contributed by atoms with E-state index in [4.69, 9.17) is 0 Å². The first-order chi connectivity index (χ1) is 12.7. The lowest BCUT2D eigenvalue weighted by Gasteiger charge is -2.50. The van der Waals surface area contributed by atoms with Crippen molar-refractivity contribution in [1.29, 1.82) is 0 Å². The highest BCUT2D eigenvalue weighted by molar-refractivity contribution is 7.64. The molecule has 0 amide bonds. The van der Waals surface area contributed by atoms with E-state index in [-0.39, 0.29) is 0 Å². The minimum absolute atomic E-state index is 3.49. The summed E-state index contributed by atoms with van der Waals surface area (Å²) in [6.07, 6.45) is 0. The van der Waals surface area contributed by atoms with Crippen molar-refractivity contribution in [1.82, 2.24) is 0 Å². The van der Waals surface area contributed by atoms with Gasteiger partial charge in [-0.05, 0) is 0 Å². The van der Waals surface area contributed by atoms with Crippen molar-refractivity contribution in [3.63, 3.8) is 0 Å². The molecule has 12 N–H and O–H groups in total. The first-order valence-electron chi connectivity index (χ1n) is 7.04. The highest BCUT2D eigenvalue weighted by Gasteiger charge is 2.74. The number of hydrogen-bond acceptors (Lipinski definition) is 6. The summed E-state index contributed by atoms with van der Waals surface area (Å²) < 4.78 is 71.5. The van der Waals surface area contributed by atoms with E-state index in [9.17, 15) is 86.1 Å². The van der Waals surface area contributed by atoms with Crippen molar-refractivity contribution in [2.24, 2.45) is 0 Å². The highest BCUT2D eigenvalue weighted by atomic mass is 31.2. The Hall–Kier alpha value is 0.900. The van der Waals surface area contributed by atoms with Gasteiger partial charge in [-0.15, -0.1) is 0 Å². The minimum atomic E-state index is -6.26. The van der Waals surface area contributed by atoms with Gasteiger partial charge >= 0.3 is 45.6 Å². The maximum Gasteiger partial charge on any atom is 0.330 e. The Balaban J connectivity index is 4.33. The molecule has 0 bridgehead atoms. The predicted molar refractivity (Wildman–Crippen MR) is 95.0 cm³/mol. The number of hydrogen-bond donors (Lipinski definition) is 12. The molecule has 24 heteroatoms. The first kappa shape index (κ1) is 28.9. The van der Waals surface area contributed by atoms with Crippen LogP contribution < -0.4 is 0 Å². The average molecular weight is 564 g/mol. The SMILES string of the molecule is O=P(O)(O)C1C(P(=O)(O)O)C(P(=O)(O)O)C(P(=O)(O)O)C(P(=O)(O)O)C1P(=O)(O)O. The van der Waals surface area contributed by atoms with E-state index >= 15 is 0 Å². The van der Waals surface area contributed by atoms with E-state index in [1.54, 1.807) is 0 Å². The maximum absolute atomic E-state index is 11.9. The molecule has 0 radical (unpaired) electrons. The molecule has 0 aromatic rings. The molecule has 0 unspecified atom stereocenters. The Kier molecular flexibility index (Phi) is 7.99. The summed E-state index contributed by atoms with van der Waals surface area (Å²) in [4.78, 5) is 114. The van der Waals surface area contributed by atoms with E-state index in [1.807, 2.05) is 0 Å². The van der Waals surface area contributed by atoms with Gasteiger partial charge in [0.2, 0.25) is 0 Å². The van der Waals surface area contributed by atoms with Crippen LogP contribution in [-0.4, -0.2) is 92.7 Å². The van der Waals surface area contributed by atoms with Crippen LogP contribution in [0.4, 0.5) is 0 Å². The Morgan fingerprint density at radius 3 is 0.367 bits per heavy atom. The molecule has 1 aliphatic carbocycles. The summed E-state index contributed by atoms with van der Waals surface area (Å²) in [5.74, 6) is 0. The summed E-state index contributed by atoms with van der Waals surface area (Å²) >= 11 is 0. The molecule has 1 aliphatic rings. The van der Waals surface area contributed by atoms with Gasteiger partial charge in [0.05, 0.1) is 34.0 Å². The summed E-state index contributed by atoms with van der Waals surface area (Å²) in [6.45, 7) is 0. The van der Waals surface area contributed by atoms with Crippen molar-refractivity contribution in [3.05, 3.63) is 0 Å². The fourth-order valence-electron chi connectivity index (χ4n) is 3.60. The van der Waals surface area contributed by atoms with Gasteiger partial charge in [-0.3, -0.25) is 27.4 Å². The zero-order chi connectivity index (χ0) is 24.5. The monoisotopic (exact) mass is 564 g/mol. The second-order valence-corrected chi connectivity index (χ2v) is 17.1. The highest BCUT2D eigenvalue weighted by Crippen LogP contribution is 2.76. The van der Waals surface area contributed by atoms with E-state index in [1.165, 1.54) is 0 Å². The van der Waals surface area contributed by atoms with Crippen molar-refractivity contribution in [2.45, 2.75) is 34.0 Å². The van der Waals surface area contributed by atoms with Gasteiger partial charge < -0.3 is 58.7 Å². The lowest BCUT2D eigenvalue weighted by atomic mass is 9.96. The van der Waals surface area contributed by atoms with E-state index in [0.29, 0.717) is 0 Å². The molecule has 0 heterocycles. The largest absolute Gasteiger partial charge is 0.330 e. The molecular weight excluding hydrogens is 546 g/mol. The predicted octanol–water partition coefficient (Wildman–Crippen LogP) is -2.72. The molecule has 0 saturated heterocycles. The quantitative estimate of drug-likeness (QED) is 0.146. The second kappa shape index (κ2) is 8.29. The molecule has 0 aromatic carbocycles. The van der Waals surface area contributed by atoms with E-state index in [0.717, 1.165) is 0 Å². The zero-order valence-corrected chi connectivity index (χ0v) is 19.3. The molecule has 18 nitrogen and oxygen atoms in total. The van der Waals surface area contributed by atoms with Gasteiger partial charge in [0, 0.05) is 0 Å². The Labute approximate surface area is 166 Å². The molecule has 0 aliphatic heterocycles. The van der Waals surface area contributed by atoms with Gasteiger partial charge in [-0.2, -0.15) is 0 Å². The normalized spacial score (nSPS) is 32.8. The summed E-state index contributed by atoms with van der Waals surface area (Å²) in [7, 11) is -37.6. The third kappa shape index (κ3) is 6.07. The third-order valence-electron chi connectivity index (χ3n) is 4.43. The lowest BCUT2D eigenvalue weighted by Crippen LogP contribution is -2.62. The van der Waals surface area contributed by atoms with Crippen LogP contribution in [0.5, 0.6) is 0 Å². The Bertz CT molecular complexity index is 736. The molecule has 30 heavy (non-hydrogen) atoms. The molecule has 1 saturated carbocycles. The van der Waals surface area contributed by atoms with Crippen molar-refractivity contribution in [3.8, 4) is 0 Å². The topological polar surface area (TPSA) is 345 Å². The summed E-state index contributed by atoms with van der Waals surface area (Å²) in [6, 6.07) is 0. The second-order valence-electron chi connectivity index (χ2n) is 6.48. The van der Waals surface area contributed by atoms with Crippen LogP contribution in [0.1, 0.15) is 0 Å². The van der Waals surface area contributed by atoms with Gasteiger partial charge in [0.15, 0.2) is 0 Å². The van der Waals surface area contributed by atoms with E-state index in [2.05, 4.69) is 0 Å². The molecule has 1 fully saturated rings. The Morgan fingerprint density at radius 1 is 0.267 bits per heavy atom. The molecule has 0 atom stereocenters. The van der Waals surface area contributed by atoms with Crippen LogP contribution in [-0.2, 0) is 27.4 Å². The minimum Gasteiger partial charge on any atom is -0.324 e. The van der Waals surface area contributed by atoms with Gasteiger partial charge in [0.1, 0.15) is 0 Å². The van der Waals surface area contributed by atoms with Crippen LogP contribution in [0, 0.1) is 0 Å². The smallest absolute Gasteiger partial charge is 0.324 e. The van der Waals surface area contributed by atoms with Crippen molar-refractivity contribution in [2.75, 3.05) is 0 Å². The summed E-state index contributed by atoms with van der Waals surface area (Å²) in [5, 5.41) is 0. The van der Waals surface area contributed by atoms with Gasteiger partial charge in [-0.1, -0.05) is 0 Å². The maximum atomic E-state index is 11.9. The fraction of sp³-hybridized carbons (Fsp3) is 1.00. The average Bonchev–Trinajstić information content (AvgIpc) is 2.37. The summed E-state index contributed by atoms with van der Waals surface area (Å²) in [5.41, 5.74) is -20.9. The van der Waals surface area contributed by atoms with Gasteiger partial charge in [-0.25, -0.2) is 0 Å². The standard InChI is InChI=1S/C6H18O18P6/c7-25(8,9)1-2(26(10,11)12)4(28(16,17)18)6(30(22,23)24)5(29(19,20)21)3(1)27(13,14)15/h1-6H,(H2,7,8,9)(H2,10,11,12)(H2,13,14,15)(H2,16,17,18)(H2,19,20,21)(H2,22,23,24). The number of rotatable bonds is 6.